The fraction of sp³-hybridized carbons (Fsp3) is 0.0800. The number of anilines is 1. The van der Waals surface area contributed by atoms with Gasteiger partial charge in [0.1, 0.15) is 5.82 Å². The number of rotatable bonds is 4. The molecule has 2 aromatic heterocycles. The van der Waals surface area contributed by atoms with Gasteiger partial charge in [0.05, 0.1) is 16.5 Å². The molecule has 30 heavy (non-hydrogen) atoms. The zero-order valence-electron chi connectivity index (χ0n) is 16.4. The van der Waals surface area contributed by atoms with E-state index in [0.717, 1.165) is 16.5 Å². The first-order valence-corrected chi connectivity index (χ1v) is 9.72. The number of hydrogen-bond acceptors (Lipinski definition) is 3. The lowest BCUT2D eigenvalue weighted by Crippen LogP contribution is -2.17. The van der Waals surface area contributed by atoms with Crippen LogP contribution < -0.4 is 10.9 Å². The lowest BCUT2D eigenvalue weighted by atomic mass is 10.0. The smallest absolute Gasteiger partial charge is 0.262 e. The van der Waals surface area contributed by atoms with Crippen LogP contribution in [0.4, 0.5) is 10.3 Å². The highest BCUT2D eigenvalue weighted by molar-refractivity contribution is 6.10. The van der Waals surface area contributed by atoms with E-state index in [9.17, 15) is 9.18 Å². The van der Waals surface area contributed by atoms with Crippen LogP contribution in [0.5, 0.6) is 0 Å². The van der Waals surface area contributed by atoms with Crippen LogP contribution in [0.2, 0.25) is 0 Å². The van der Waals surface area contributed by atoms with Crippen LogP contribution >= 0.6 is 0 Å². The van der Waals surface area contributed by atoms with Crippen LogP contribution in [-0.4, -0.2) is 4.57 Å². The molecule has 0 saturated heterocycles. The van der Waals surface area contributed by atoms with Crippen LogP contribution in [0.15, 0.2) is 88.1 Å². The lowest BCUT2D eigenvalue weighted by molar-refractivity contribution is 0.622. The molecule has 3 aromatic carbocycles. The summed E-state index contributed by atoms with van der Waals surface area (Å²) in [4.78, 5) is 13.3. The van der Waals surface area contributed by atoms with Gasteiger partial charge in [0.25, 0.3) is 5.56 Å². The van der Waals surface area contributed by atoms with E-state index in [1.165, 1.54) is 6.07 Å². The van der Waals surface area contributed by atoms with Crippen LogP contribution in [0.3, 0.4) is 0 Å². The molecule has 148 valence electrons. The Bertz CT molecular complexity index is 1430. The Morgan fingerprint density at radius 3 is 2.43 bits per heavy atom. The summed E-state index contributed by atoms with van der Waals surface area (Å²) in [5.41, 5.74) is 2.83. The van der Waals surface area contributed by atoms with E-state index < -0.39 is 5.82 Å². The molecule has 5 aromatic rings. The quantitative estimate of drug-likeness (QED) is 0.422. The highest BCUT2D eigenvalue weighted by Crippen LogP contribution is 2.40. The van der Waals surface area contributed by atoms with Crippen molar-refractivity contribution in [2.45, 2.75) is 6.54 Å². The molecule has 5 heteroatoms. The molecule has 0 atom stereocenters. The van der Waals surface area contributed by atoms with E-state index >= 15 is 0 Å². The van der Waals surface area contributed by atoms with Gasteiger partial charge in [-0.3, -0.25) is 4.79 Å². The van der Waals surface area contributed by atoms with Crippen LogP contribution in [0.1, 0.15) is 5.56 Å². The van der Waals surface area contributed by atoms with E-state index in [2.05, 4.69) is 5.32 Å². The zero-order valence-corrected chi connectivity index (χ0v) is 16.4. The molecule has 0 amide bonds. The van der Waals surface area contributed by atoms with Crippen molar-refractivity contribution in [1.82, 2.24) is 4.57 Å². The number of halogens is 1. The molecule has 0 aliphatic heterocycles. The van der Waals surface area contributed by atoms with Crippen molar-refractivity contribution < 1.29 is 8.81 Å². The molecule has 4 nitrogen and oxygen atoms in total. The summed E-state index contributed by atoms with van der Waals surface area (Å²) in [6.45, 7) is 0.486. The zero-order chi connectivity index (χ0) is 20.7. The highest BCUT2D eigenvalue weighted by atomic mass is 19.1. The number of nitrogens with one attached hydrogen (secondary N) is 1. The number of benzene rings is 3. The molecule has 2 heterocycles. The van der Waals surface area contributed by atoms with Crippen molar-refractivity contribution >= 4 is 27.8 Å². The minimum atomic E-state index is -0.404. The predicted molar refractivity (Wildman–Crippen MR) is 118 cm³/mol. The van der Waals surface area contributed by atoms with Gasteiger partial charge in [-0.2, -0.15) is 0 Å². The number of aryl methyl sites for hydroxylation is 1. The van der Waals surface area contributed by atoms with Gasteiger partial charge in [0.2, 0.25) is 5.88 Å². The largest absolute Gasteiger partial charge is 0.439 e. The second kappa shape index (κ2) is 7.19. The van der Waals surface area contributed by atoms with E-state index in [0.29, 0.717) is 34.5 Å². The second-order valence-corrected chi connectivity index (χ2v) is 7.21. The van der Waals surface area contributed by atoms with E-state index in [1.54, 1.807) is 29.8 Å². The molecular weight excluding hydrogens is 379 g/mol. The monoisotopic (exact) mass is 398 g/mol. The van der Waals surface area contributed by atoms with Gasteiger partial charge in [-0.1, -0.05) is 60.7 Å². The summed E-state index contributed by atoms with van der Waals surface area (Å²) in [7, 11) is 1.72. The molecule has 0 saturated carbocycles. The maximum Gasteiger partial charge on any atom is 0.262 e. The molecule has 0 radical (unpaired) electrons. The van der Waals surface area contributed by atoms with Gasteiger partial charge < -0.3 is 14.3 Å². The number of fused-ring (bicyclic) bond motifs is 3. The molecular formula is C25H19FN2O2. The van der Waals surface area contributed by atoms with Crippen molar-refractivity contribution in [2.75, 3.05) is 5.32 Å². The first kappa shape index (κ1) is 18.2. The van der Waals surface area contributed by atoms with Gasteiger partial charge in [0.15, 0.2) is 5.58 Å². The number of aromatic nitrogens is 1. The van der Waals surface area contributed by atoms with E-state index in [1.807, 2.05) is 54.6 Å². The fourth-order valence-electron chi connectivity index (χ4n) is 3.88. The molecule has 1 N–H and O–H groups in total. The molecule has 0 bridgehead atoms. The van der Waals surface area contributed by atoms with Gasteiger partial charge in [-0.05, 0) is 23.8 Å². The summed E-state index contributed by atoms with van der Waals surface area (Å²) in [6, 6.07) is 23.8. The Morgan fingerprint density at radius 1 is 0.933 bits per heavy atom. The summed E-state index contributed by atoms with van der Waals surface area (Å²) in [6.07, 6.45) is 0. The third-order valence-corrected chi connectivity index (χ3v) is 5.38. The van der Waals surface area contributed by atoms with Crippen molar-refractivity contribution in [3.8, 4) is 11.1 Å². The minimum Gasteiger partial charge on any atom is -0.439 e. The summed E-state index contributed by atoms with van der Waals surface area (Å²) < 4.78 is 22.6. The van der Waals surface area contributed by atoms with Crippen LogP contribution in [0.25, 0.3) is 33.0 Å². The third kappa shape index (κ3) is 2.87. The first-order chi connectivity index (χ1) is 14.6. The van der Waals surface area contributed by atoms with Crippen LogP contribution in [-0.2, 0) is 13.6 Å². The van der Waals surface area contributed by atoms with E-state index in [-0.39, 0.29) is 5.56 Å². The predicted octanol–water partition coefficient (Wildman–Crippen LogP) is 5.70. The molecule has 5 rings (SSSR count). The molecule has 0 unspecified atom stereocenters. The summed E-state index contributed by atoms with van der Waals surface area (Å²) in [5.74, 6) is -0.0226. The van der Waals surface area contributed by atoms with Gasteiger partial charge in [-0.25, -0.2) is 4.39 Å². The number of pyridine rings is 1. The topological polar surface area (TPSA) is 47.2 Å². The SMILES string of the molecule is Cn1c(=O)c2c(-c3ccccc3F)c(NCc3ccccc3)oc2c2ccccc21. The fourth-order valence-corrected chi connectivity index (χ4v) is 3.88. The van der Waals surface area contributed by atoms with Gasteiger partial charge in [-0.15, -0.1) is 0 Å². The molecule has 0 spiro atoms. The first-order valence-electron chi connectivity index (χ1n) is 9.72. The standard InChI is InChI=1S/C25H19FN2O2/c1-28-20-14-8-6-12-18(20)23-22(25(28)29)21(17-11-5-7-13-19(17)26)24(30-23)27-15-16-9-3-2-4-10-16/h2-14,27H,15H2,1H3. The Morgan fingerprint density at radius 2 is 1.63 bits per heavy atom. The maximum absolute atomic E-state index is 14.8. The summed E-state index contributed by atoms with van der Waals surface area (Å²) in [5, 5.41) is 4.45. The van der Waals surface area contributed by atoms with Gasteiger partial charge in [0, 0.05) is 24.5 Å². The maximum atomic E-state index is 14.8. The Balaban J connectivity index is 1.81. The van der Waals surface area contributed by atoms with E-state index in [4.69, 9.17) is 4.42 Å². The number of nitrogens with zero attached hydrogens (tertiary/aromatic N) is 1. The van der Waals surface area contributed by atoms with Crippen molar-refractivity contribution in [3.63, 3.8) is 0 Å². The third-order valence-electron chi connectivity index (χ3n) is 5.38. The highest BCUT2D eigenvalue weighted by Gasteiger charge is 2.24. The Kier molecular flexibility index (Phi) is 4.36. The van der Waals surface area contributed by atoms with Crippen LogP contribution in [0, 0.1) is 5.82 Å². The lowest BCUT2D eigenvalue weighted by Gasteiger charge is -2.08. The van der Waals surface area contributed by atoms with Crippen molar-refractivity contribution in [3.05, 3.63) is 101 Å². The second-order valence-electron chi connectivity index (χ2n) is 7.21. The van der Waals surface area contributed by atoms with Crippen molar-refractivity contribution in [1.29, 1.82) is 0 Å². The Labute approximate surface area is 172 Å². The molecule has 0 fully saturated rings. The van der Waals surface area contributed by atoms with Crippen molar-refractivity contribution in [2.24, 2.45) is 7.05 Å². The number of hydrogen-bond donors (Lipinski definition) is 1. The molecule has 0 aliphatic rings. The summed E-state index contributed by atoms with van der Waals surface area (Å²) >= 11 is 0. The van der Waals surface area contributed by atoms with Gasteiger partial charge >= 0.3 is 0 Å². The number of furan rings is 1. The average molecular weight is 398 g/mol. The molecule has 0 aliphatic carbocycles. The minimum absolute atomic E-state index is 0.224. The normalized spacial score (nSPS) is 11.3. The number of para-hydroxylation sites is 1. The Hall–Kier alpha value is -3.86. The average Bonchev–Trinajstić information content (AvgIpc) is 3.17.